The summed E-state index contributed by atoms with van der Waals surface area (Å²) < 4.78 is 26.2. The molecule has 0 saturated carbocycles. The second kappa shape index (κ2) is 12.6. The van der Waals surface area contributed by atoms with Gasteiger partial charge >= 0.3 is 5.97 Å². The highest BCUT2D eigenvalue weighted by Crippen LogP contribution is 2.24. The number of carboxylic acids is 1. The number of carboxylic acid groups (broad SMARTS) is 1. The lowest BCUT2D eigenvalue weighted by Crippen LogP contribution is -2.32. The van der Waals surface area contributed by atoms with Crippen molar-refractivity contribution in [3.63, 3.8) is 0 Å². The van der Waals surface area contributed by atoms with Crippen molar-refractivity contribution < 1.29 is 23.8 Å². The molecule has 4 aromatic rings. The zero-order valence-corrected chi connectivity index (χ0v) is 22.4. The summed E-state index contributed by atoms with van der Waals surface area (Å²) >= 11 is 5.60. The van der Waals surface area contributed by atoms with E-state index >= 15 is 0 Å². The fourth-order valence-electron chi connectivity index (χ4n) is 4.63. The van der Waals surface area contributed by atoms with Crippen LogP contribution in [-0.4, -0.2) is 61.3 Å². The fourth-order valence-corrected chi connectivity index (χ4v) is 4.78. The standard InChI is InChI=1S/C17H21N3O3.C11H8ClFN2O2/c21-17(22)12-3-4-14-15(9-12)20(10-13-5-8-23-13)16(18-14)11-19-6-1-2-7-19;12-7-1-2-9(8(13)5-7)17-6-10-14-4-3-11(16)15-10/h3-4,9,13H,1-2,5-8,10-11H2,(H,21,22);1-5H,6H2,(H,14,15,16). The van der Waals surface area contributed by atoms with Crippen molar-refractivity contribution in [3.05, 3.63) is 87.1 Å². The second-order valence-electron chi connectivity index (χ2n) is 9.66. The lowest BCUT2D eigenvalue weighted by atomic mass is 10.1. The highest BCUT2D eigenvalue weighted by atomic mass is 35.5. The van der Waals surface area contributed by atoms with Crippen LogP contribution >= 0.6 is 11.6 Å². The average molecular weight is 570 g/mol. The van der Waals surface area contributed by atoms with Gasteiger partial charge in [-0.15, -0.1) is 0 Å². The third-order valence-electron chi connectivity index (χ3n) is 6.80. The van der Waals surface area contributed by atoms with Crippen molar-refractivity contribution >= 4 is 28.6 Å². The van der Waals surface area contributed by atoms with Gasteiger partial charge in [0.1, 0.15) is 18.3 Å². The first kappa shape index (κ1) is 27.8. The molecule has 2 fully saturated rings. The number of carbonyl (C=O) groups is 1. The Hall–Kier alpha value is -3.80. The Kier molecular flexibility index (Phi) is 8.73. The van der Waals surface area contributed by atoms with Crippen molar-refractivity contribution in [1.29, 1.82) is 0 Å². The molecule has 2 aromatic carbocycles. The Labute approximate surface area is 234 Å². The molecule has 4 heterocycles. The molecule has 0 radical (unpaired) electrons. The molecule has 1 unspecified atom stereocenters. The number of fused-ring (bicyclic) bond motifs is 1. The van der Waals surface area contributed by atoms with Gasteiger partial charge < -0.3 is 24.1 Å². The van der Waals surface area contributed by atoms with Crippen LogP contribution in [0.4, 0.5) is 4.39 Å². The molecule has 2 aliphatic rings. The Morgan fingerprint density at radius 2 is 2.00 bits per heavy atom. The first-order valence-corrected chi connectivity index (χ1v) is 13.4. The second-order valence-corrected chi connectivity index (χ2v) is 10.1. The minimum Gasteiger partial charge on any atom is -0.483 e. The van der Waals surface area contributed by atoms with Crippen LogP contribution in [0.5, 0.6) is 5.75 Å². The maximum absolute atomic E-state index is 13.3. The van der Waals surface area contributed by atoms with E-state index < -0.39 is 11.8 Å². The number of aromatic amines is 1. The molecule has 2 N–H and O–H groups in total. The molecule has 10 nitrogen and oxygen atoms in total. The summed E-state index contributed by atoms with van der Waals surface area (Å²) in [5.74, 6) is -0.0656. The summed E-state index contributed by atoms with van der Waals surface area (Å²) in [4.78, 5) is 35.8. The Morgan fingerprint density at radius 1 is 1.20 bits per heavy atom. The Morgan fingerprint density at radius 3 is 2.67 bits per heavy atom. The van der Waals surface area contributed by atoms with Gasteiger partial charge in [-0.1, -0.05) is 11.6 Å². The van der Waals surface area contributed by atoms with E-state index in [9.17, 15) is 19.1 Å². The number of halogens is 2. The number of likely N-dealkylation sites (tertiary alicyclic amines) is 1. The molecule has 40 heavy (non-hydrogen) atoms. The smallest absolute Gasteiger partial charge is 0.335 e. The van der Waals surface area contributed by atoms with Gasteiger partial charge in [-0.05, 0) is 68.8 Å². The largest absolute Gasteiger partial charge is 0.483 e. The van der Waals surface area contributed by atoms with E-state index in [2.05, 4.69) is 19.4 Å². The molecule has 2 saturated heterocycles. The number of hydrogen-bond donors (Lipinski definition) is 2. The zero-order valence-electron chi connectivity index (χ0n) is 21.7. The highest BCUT2D eigenvalue weighted by Gasteiger charge is 2.24. The van der Waals surface area contributed by atoms with Crippen LogP contribution in [0.25, 0.3) is 11.0 Å². The molecule has 2 aliphatic heterocycles. The SMILES string of the molecule is O=C(O)c1ccc2nc(CN3CCCC3)n(CC3CCO3)c2c1.O=c1ccnc(COc2ccc(Cl)cc2F)[nH]1. The maximum Gasteiger partial charge on any atom is 0.335 e. The van der Waals surface area contributed by atoms with Crippen LogP contribution in [0.2, 0.25) is 5.02 Å². The van der Waals surface area contributed by atoms with Gasteiger partial charge in [-0.25, -0.2) is 19.2 Å². The number of hydrogen-bond acceptors (Lipinski definition) is 7. The van der Waals surface area contributed by atoms with Crippen LogP contribution in [0.15, 0.2) is 53.5 Å². The predicted molar refractivity (Wildman–Crippen MR) is 146 cm³/mol. The van der Waals surface area contributed by atoms with E-state index in [1.165, 1.54) is 37.2 Å². The molecular weight excluding hydrogens is 541 g/mol. The quantitative estimate of drug-likeness (QED) is 0.323. The number of benzene rings is 2. The molecule has 0 spiro atoms. The average Bonchev–Trinajstić information content (AvgIpc) is 3.53. The van der Waals surface area contributed by atoms with Crippen LogP contribution in [0.3, 0.4) is 0 Å². The van der Waals surface area contributed by atoms with Crippen molar-refractivity contribution in [2.75, 3.05) is 19.7 Å². The Bertz CT molecular complexity index is 1550. The number of aromatic nitrogens is 4. The molecule has 210 valence electrons. The number of imidazole rings is 1. The van der Waals surface area contributed by atoms with E-state index in [1.54, 1.807) is 12.1 Å². The number of ether oxygens (including phenoxy) is 2. The molecule has 0 amide bonds. The van der Waals surface area contributed by atoms with Crippen LogP contribution in [-0.2, 0) is 24.4 Å². The molecule has 2 aromatic heterocycles. The zero-order chi connectivity index (χ0) is 28.1. The predicted octanol–water partition coefficient (Wildman–Crippen LogP) is 4.26. The van der Waals surface area contributed by atoms with E-state index in [-0.39, 0.29) is 24.0 Å². The van der Waals surface area contributed by atoms with Gasteiger partial charge in [-0.2, -0.15) is 0 Å². The van der Waals surface area contributed by atoms with Crippen molar-refractivity contribution in [3.8, 4) is 5.75 Å². The van der Waals surface area contributed by atoms with Crippen molar-refractivity contribution in [1.82, 2.24) is 24.4 Å². The van der Waals surface area contributed by atoms with E-state index in [0.717, 1.165) is 62.1 Å². The highest BCUT2D eigenvalue weighted by molar-refractivity contribution is 6.30. The molecule has 1 atom stereocenters. The van der Waals surface area contributed by atoms with Gasteiger partial charge in [0, 0.05) is 23.9 Å². The minimum atomic E-state index is -0.902. The first-order chi connectivity index (χ1) is 19.4. The summed E-state index contributed by atoms with van der Waals surface area (Å²) in [7, 11) is 0. The lowest BCUT2D eigenvalue weighted by molar-refractivity contribution is -0.0591. The third-order valence-corrected chi connectivity index (χ3v) is 7.03. The van der Waals surface area contributed by atoms with Crippen LogP contribution < -0.4 is 10.3 Å². The number of nitrogens with zero attached hydrogens (tertiary/aromatic N) is 4. The van der Waals surface area contributed by atoms with Gasteiger partial charge in [0.25, 0.3) is 5.56 Å². The van der Waals surface area contributed by atoms with Crippen LogP contribution in [0, 0.1) is 5.82 Å². The number of H-pyrrole nitrogens is 1. The van der Waals surface area contributed by atoms with Gasteiger partial charge in [0.05, 0.1) is 35.8 Å². The lowest BCUT2D eigenvalue weighted by Gasteiger charge is -2.28. The number of aromatic carboxylic acids is 1. The van der Waals surface area contributed by atoms with Crippen molar-refractivity contribution in [2.24, 2.45) is 0 Å². The monoisotopic (exact) mass is 569 g/mol. The molecule has 0 bridgehead atoms. The van der Waals surface area contributed by atoms with E-state index in [1.807, 2.05) is 6.07 Å². The normalized spacial score (nSPS) is 16.8. The Balaban J connectivity index is 0.000000170. The minimum absolute atomic E-state index is 0.0192. The topological polar surface area (TPSA) is 123 Å². The summed E-state index contributed by atoms with van der Waals surface area (Å²) in [5, 5.41) is 9.54. The van der Waals surface area contributed by atoms with Gasteiger partial charge in [0.15, 0.2) is 11.6 Å². The number of nitrogens with one attached hydrogen (secondary N) is 1. The van der Waals surface area contributed by atoms with Crippen LogP contribution in [0.1, 0.15) is 41.3 Å². The summed E-state index contributed by atoms with van der Waals surface area (Å²) in [6.45, 7) is 4.60. The molecule has 6 rings (SSSR count). The molecule has 0 aliphatic carbocycles. The van der Waals surface area contributed by atoms with Gasteiger partial charge in [0.2, 0.25) is 0 Å². The number of rotatable bonds is 8. The van der Waals surface area contributed by atoms with Gasteiger partial charge in [-0.3, -0.25) is 9.69 Å². The maximum atomic E-state index is 13.3. The van der Waals surface area contributed by atoms with E-state index in [0.29, 0.717) is 16.4 Å². The first-order valence-electron chi connectivity index (χ1n) is 13.0. The van der Waals surface area contributed by atoms with E-state index in [4.69, 9.17) is 26.1 Å². The summed E-state index contributed by atoms with van der Waals surface area (Å²) in [6, 6.07) is 10.5. The third kappa shape index (κ3) is 6.85. The van der Waals surface area contributed by atoms with Crippen molar-refractivity contribution in [2.45, 2.75) is 45.1 Å². The molecule has 12 heteroatoms. The summed E-state index contributed by atoms with van der Waals surface area (Å²) in [5.41, 5.74) is 1.79. The molecular formula is C28H29ClFN5O5. The summed E-state index contributed by atoms with van der Waals surface area (Å²) in [6.07, 6.45) is 5.12. The fraction of sp³-hybridized carbons (Fsp3) is 0.357.